The lowest BCUT2D eigenvalue weighted by Crippen LogP contribution is -2.45. The molecule has 0 rings (SSSR count). The molecule has 0 aliphatic heterocycles. The summed E-state index contributed by atoms with van der Waals surface area (Å²) in [5.74, 6) is -0.0819. The van der Waals surface area contributed by atoms with Crippen LogP contribution < -0.4 is 5.32 Å². The minimum Gasteiger partial charge on any atom is -0.394 e. The molecule has 0 aliphatic rings. The highest BCUT2D eigenvalue weighted by Crippen LogP contribution is 2.15. The van der Waals surface area contributed by atoms with Crippen LogP contribution in [0.5, 0.6) is 0 Å². The fraction of sp³-hybridized carbons (Fsp3) is 0.824. The molecular formula is C51H95NO3. The van der Waals surface area contributed by atoms with E-state index in [2.05, 4.69) is 55.6 Å². The average molecular weight is 770 g/mol. The highest BCUT2D eigenvalue weighted by molar-refractivity contribution is 5.76. The first-order chi connectivity index (χ1) is 27.2. The number of carbonyl (C=O) groups is 1. The van der Waals surface area contributed by atoms with Crippen LogP contribution in [0.2, 0.25) is 0 Å². The van der Waals surface area contributed by atoms with Crippen molar-refractivity contribution in [3.8, 4) is 0 Å². The Balaban J connectivity index is 3.61. The van der Waals surface area contributed by atoms with Crippen molar-refractivity contribution >= 4 is 5.91 Å². The molecule has 0 aromatic carbocycles. The SMILES string of the molecule is CCCCCCCCC/C=C\CCCCCCCCCC(=O)NC(CO)C(O)/C=C/CC/C=C/CC/C=C/CCCCCCCCCCCCCCCCC. The summed E-state index contributed by atoms with van der Waals surface area (Å²) < 4.78 is 0. The van der Waals surface area contributed by atoms with Crippen LogP contribution in [0.25, 0.3) is 0 Å². The van der Waals surface area contributed by atoms with Crippen molar-refractivity contribution in [2.45, 2.75) is 264 Å². The van der Waals surface area contributed by atoms with Crippen molar-refractivity contribution in [2.24, 2.45) is 0 Å². The number of unbranched alkanes of at least 4 members (excludes halogenated alkanes) is 31. The van der Waals surface area contributed by atoms with Crippen LogP contribution in [0.15, 0.2) is 48.6 Å². The largest absolute Gasteiger partial charge is 0.394 e. The first-order valence-electron chi connectivity index (χ1n) is 24.4. The van der Waals surface area contributed by atoms with Gasteiger partial charge in [-0.05, 0) is 70.6 Å². The Labute approximate surface area is 344 Å². The molecule has 322 valence electrons. The normalized spacial score (nSPS) is 13.3. The third kappa shape index (κ3) is 43.3. The maximum absolute atomic E-state index is 12.4. The zero-order valence-electron chi connectivity index (χ0n) is 36.9. The van der Waals surface area contributed by atoms with Gasteiger partial charge in [0.15, 0.2) is 0 Å². The Morgan fingerprint density at radius 3 is 1.05 bits per heavy atom. The van der Waals surface area contributed by atoms with Crippen LogP contribution in [-0.2, 0) is 4.79 Å². The summed E-state index contributed by atoms with van der Waals surface area (Å²) in [6.45, 7) is 4.30. The summed E-state index contributed by atoms with van der Waals surface area (Å²) in [6.07, 6.45) is 63.8. The van der Waals surface area contributed by atoms with E-state index in [-0.39, 0.29) is 12.5 Å². The van der Waals surface area contributed by atoms with Crippen molar-refractivity contribution in [2.75, 3.05) is 6.61 Å². The molecule has 4 nitrogen and oxygen atoms in total. The van der Waals surface area contributed by atoms with Crippen LogP contribution in [0.3, 0.4) is 0 Å². The van der Waals surface area contributed by atoms with Gasteiger partial charge in [-0.25, -0.2) is 0 Å². The molecule has 0 saturated carbocycles. The standard InChI is InChI=1S/C51H95NO3/c1-3-5-7-9-11-13-15-17-19-21-23-24-25-26-27-28-29-30-32-34-36-38-40-42-44-46-50(54)49(48-53)52-51(55)47-45-43-41-39-37-35-33-31-22-20-18-16-14-12-10-8-6-4-2/h20,22,29-30,36,38,44,46,49-50,53-54H,3-19,21,23-28,31-35,37,39-43,45,47-48H2,1-2H3,(H,52,55)/b22-20-,30-29+,38-36+,46-44+. The number of hydrogen-bond donors (Lipinski definition) is 3. The van der Waals surface area contributed by atoms with Crippen molar-refractivity contribution in [1.82, 2.24) is 5.32 Å². The summed E-state index contributed by atoms with van der Waals surface area (Å²) in [4.78, 5) is 12.4. The third-order valence-electron chi connectivity index (χ3n) is 11.0. The Morgan fingerprint density at radius 2 is 0.709 bits per heavy atom. The minimum absolute atomic E-state index is 0.0819. The highest BCUT2D eigenvalue weighted by atomic mass is 16.3. The third-order valence-corrected chi connectivity index (χ3v) is 11.0. The van der Waals surface area contributed by atoms with Gasteiger partial charge in [-0.15, -0.1) is 0 Å². The molecule has 0 radical (unpaired) electrons. The average Bonchev–Trinajstić information content (AvgIpc) is 3.19. The maximum Gasteiger partial charge on any atom is 0.220 e. The number of amides is 1. The Morgan fingerprint density at radius 1 is 0.418 bits per heavy atom. The second-order valence-corrected chi connectivity index (χ2v) is 16.5. The molecule has 1 amide bonds. The molecule has 0 heterocycles. The Bertz CT molecular complexity index is 877. The second-order valence-electron chi connectivity index (χ2n) is 16.5. The molecule has 0 saturated heterocycles. The van der Waals surface area contributed by atoms with Gasteiger partial charge in [0.1, 0.15) is 0 Å². The number of aliphatic hydroxyl groups excluding tert-OH is 2. The van der Waals surface area contributed by atoms with Crippen LogP contribution in [0.1, 0.15) is 251 Å². The summed E-state index contributed by atoms with van der Waals surface area (Å²) >= 11 is 0. The topological polar surface area (TPSA) is 69.6 Å². The molecule has 4 heteroatoms. The highest BCUT2D eigenvalue weighted by Gasteiger charge is 2.17. The van der Waals surface area contributed by atoms with Gasteiger partial charge >= 0.3 is 0 Å². The summed E-state index contributed by atoms with van der Waals surface area (Å²) in [6, 6.07) is -0.648. The Hall–Kier alpha value is -1.65. The molecule has 0 spiro atoms. The maximum atomic E-state index is 12.4. The van der Waals surface area contributed by atoms with Crippen molar-refractivity contribution in [3.05, 3.63) is 48.6 Å². The lowest BCUT2D eigenvalue weighted by molar-refractivity contribution is -0.123. The smallest absolute Gasteiger partial charge is 0.220 e. The number of allylic oxidation sites excluding steroid dienone is 7. The van der Waals surface area contributed by atoms with E-state index in [0.717, 1.165) is 38.5 Å². The zero-order valence-corrected chi connectivity index (χ0v) is 36.9. The quantitative estimate of drug-likeness (QED) is 0.0427. The number of rotatable bonds is 44. The molecule has 3 N–H and O–H groups in total. The van der Waals surface area contributed by atoms with E-state index in [1.165, 1.54) is 193 Å². The van der Waals surface area contributed by atoms with Crippen molar-refractivity contribution in [3.63, 3.8) is 0 Å². The van der Waals surface area contributed by atoms with E-state index in [4.69, 9.17) is 0 Å². The second kappa shape index (κ2) is 46.7. The first-order valence-corrected chi connectivity index (χ1v) is 24.4. The van der Waals surface area contributed by atoms with Crippen molar-refractivity contribution in [1.29, 1.82) is 0 Å². The van der Waals surface area contributed by atoms with Gasteiger partial charge in [0, 0.05) is 6.42 Å². The van der Waals surface area contributed by atoms with Gasteiger partial charge in [-0.2, -0.15) is 0 Å². The Kier molecular flexibility index (Phi) is 45.3. The van der Waals surface area contributed by atoms with Crippen molar-refractivity contribution < 1.29 is 15.0 Å². The van der Waals surface area contributed by atoms with Gasteiger partial charge in [0.05, 0.1) is 18.8 Å². The predicted molar refractivity (Wildman–Crippen MR) is 244 cm³/mol. The van der Waals surface area contributed by atoms with Crippen LogP contribution in [0.4, 0.5) is 0 Å². The number of carbonyl (C=O) groups excluding carboxylic acids is 1. The van der Waals surface area contributed by atoms with Gasteiger partial charge in [0.2, 0.25) is 5.91 Å². The minimum atomic E-state index is -0.872. The predicted octanol–water partition coefficient (Wildman–Crippen LogP) is 15.5. The van der Waals surface area contributed by atoms with Gasteiger partial charge < -0.3 is 15.5 Å². The van der Waals surface area contributed by atoms with Gasteiger partial charge in [-0.1, -0.05) is 223 Å². The number of hydrogen-bond acceptors (Lipinski definition) is 3. The van der Waals surface area contributed by atoms with E-state index < -0.39 is 12.1 Å². The molecule has 0 aromatic rings. The summed E-state index contributed by atoms with van der Waals surface area (Å²) in [7, 11) is 0. The molecule has 2 atom stereocenters. The lowest BCUT2D eigenvalue weighted by Gasteiger charge is -2.19. The molecular weight excluding hydrogens is 675 g/mol. The molecule has 2 unspecified atom stereocenters. The first kappa shape index (κ1) is 53.4. The van der Waals surface area contributed by atoms with E-state index >= 15 is 0 Å². The monoisotopic (exact) mass is 770 g/mol. The summed E-state index contributed by atoms with van der Waals surface area (Å²) in [5.41, 5.74) is 0. The lowest BCUT2D eigenvalue weighted by atomic mass is 10.0. The molecule has 0 aliphatic carbocycles. The zero-order chi connectivity index (χ0) is 40.0. The number of nitrogens with one attached hydrogen (secondary N) is 1. The number of aliphatic hydroxyl groups is 2. The van der Waals surface area contributed by atoms with E-state index in [1.807, 2.05) is 6.08 Å². The molecule has 0 bridgehead atoms. The van der Waals surface area contributed by atoms with E-state index in [9.17, 15) is 15.0 Å². The van der Waals surface area contributed by atoms with E-state index in [0.29, 0.717) is 6.42 Å². The van der Waals surface area contributed by atoms with Gasteiger partial charge in [-0.3, -0.25) is 4.79 Å². The van der Waals surface area contributed by atoms with Crippen LogP contribution in [-0.4, -0.2) is 34.9 Å². The van der Waals surface area contributed by atoms with E-state index in [1.54, 1.807) is 6.08 Å². The van der Waals surface area contributed by atoms with Crippen LogP contribution >= 0.6 is 0 Å². The molecule has 0 aromatic heterocycles. The van der Waals surface area contributed by atoms with Gasteiger partial charge in [0.25, 0.3) is 0 Å². The van der Waals surface area contributed by atoms with Crippen LogP contribution in [0, 0.1) is 0 Å². The fourth-order valence-corrected chi connectivity index (χ4v) is 7.26. The summed E-state index contributed by atoms with van der Waals surface area (Å²) in [5, 5.41) is 23.0. The molecule has 55 heavy (non-hydrogen) atoms. The molecule has 0 fully saturated rings. The fourth-order valence-electron chi connectivity index (χ4n) is 7.26.